The number of aromatic nitrogens is 1. The molecule has 4 amide bonds. The fourth-order valence-electron chi connectivity index (χ4n) is 3.15. The number of thiazole rings is 1. The van der Waals surface area contributed by atoms with Crippen LogP contribution in [0.15, 0.2) is 35.7 Å². The van der Waals surface area contributed by atoms with Crippen LogP contribution in [-0.4, -0.2) is 46.9 Å². The predicted octanol–water partition coefficient (Wildman–Crippen LogP) is 2.72. The monoisotopic (exact) mass is 430 g/mol. The number of esters is 1. The maximum atomic E-state index is 13.0. The lowest BCUT2D eigenvalue weighted by atomic mass is 10.0. The molecule has 0 saturated carbocycles. The number of hydrogen-bond acceptors (Lipinski definition) is 7. The summed E-state index contributed by atoms with van der Waals surface area (Å²) in [5.74, 6) is -1.63. The van der Waals surface area contributed by atoms with Crippen LogP contribution in [0.1, 0.15) is 48.3 Å². The Balaban J connectivity index is 1.80. The van der Waals surface area contributed by atoms with Gasteiger partial charge < -0.3 is 15.4 Å². The third-order valence-electron chi connectivity index (χ3n) is 4.68. The highest BCUT2D eigenvalue weighted by atomic mass is 32.1. The van der Waals surface area contributed by atoms with Gasteiger partial charge in [0.1, 0.15) is 12.1 Å². The third-order valence-corrected chi connectivity index (χ3v) is 5.44. The first-order valence-electron chi connectivity index (χ1n) is 9.49. The van der Waals surface area contributed by atoms with Crippen LogP contribution in [0.3, 0.4) is 0 Å². The van der Waals surface area contributed by atoms with Crippen molar-refractivity contribution >= 4 is 40.3 Å². The van der Waals surface area contributed by atoms with E-state index >= 15 is 0 Å². The minimum atomic E-state index is -0.989. The van der Waals surface area contributed by atoms with Gasteiger partial charge in [0.15, 0.2) is 10.8 Å². The molecule has 1 saturated heterocycles. The second-order valence-electron chi connectivity index (χ2n) is 6.68. The number of hydrogen-bond donors (Lipinski definition) is 2. The van der Waals surface area contributed by atoms with E-state index in [9.17, 15) is 19.2 Å². The van der Waals surface area contributed by atoms with E-state index in [1.807, 2.05) is 13.0 Å². The first-order chi connectivity index (χ1) is 14.5. The number of urea groups is 1. The van der Waals surface area contributed by atoms with Crippen LogP contribution >= 0.6 is 11.3 Å². The number of ether oxygens (including phenoxy) is 1. The number of benzene rings is 1. The molecule has 2 N–H and O–H groups in total. The van der Waals surface area contributed by atoms with Crippen LogP contribution in [-0.2, 0) is 14.3 Å². The van der Waals surface area contributed by atoms with E-state index in [2.05, 4.69) is 20.4 Å². The van der Waals surface area contributed by atoms with E-state index in [4.69, 9.17) is 0 Å². The maximum absolute atomic E-state index is 13.0. The van der Waals surface area contributed by atoms with E-state index in [0.717, 1.165) is 22.7 Å². The molecule has 0 radical (unpaired) electrons. The molecule has 0 unspecified atom stereocenters. The van der Waals surface area contributed by atoms with Gasteiger partial charge in [-0.05, 0) is 12.0 Å². The molecule has 3 rings (SSSR count). The van der Waals surface area contributed by atoms with Gasteiger partial charge in [0.25, 0.3) is 5.91 Å². The average molecular weight is 430 g/mol. The fourth-order valence-corrected chi connectivity index (χ4v) is 3.84. The SMILES string of the molecule is CCCC[C@H](C(=O)Nc1nc(C(=O)OC)cs1)N1C(=O)N[C@@H](c2ccccc2)C1=O. The van der Waals surface area contributed by atoms with Gasteiger partial charge in [0, 0.05) is 5.38 Å². The number of imide groups is 1. The van der Waals surface area contributed by atoms with E-state index in [-0.39, 0.29) is 10.8 Å². The average Bonchev–Trinajstić information content (AvgIpc) is 3.33. The highest BCUT2D eigenvalue weighted by Crippen LogP contribution is 2.26. The van der Waals surface area contributed by atoms with Crippen LogP contribution in [0.5, 0.6) is 0 Å². The minimum absolute atomic E-state index is 0.0713. The maximum Gasteiger partial charge on any atom is 0.357 e. The second kappa shape index (κ2) is 9.49. The van der Waals surface area contributed by atoms with Gasteiger partial charge in [-0.3, -0.25) is 9.59 Å². The third kappa shape index (κ3) is 4.48. The van der Waals surface area contributed by atoms with E-state index < -0.39 is 35.9 Å². The molecule has 1 aliphatic heterocycles. The summed E-state index contributed by atoms with van der Waals surface area (Å²) in [6.07, 6.45) is 1.76. The van der Waals surface area contributed by atoms with Crippen molar-refractivity contribution in [2.45, 2.75) is 38.3 Å². The summed E-state index contributed by atoms with van der Waals surface area (Å²) in [7, 11) is 1.24. The van der Waals surface area contributed by atoms with E-state index in [1.54, 1.807) is 24.3 Å². The molecule has 9 nitrogen and oxygen atoms in total. The molecule has 1 aromatic carbocycles. The van der Waals surface area contributed by atoms with Crippen LogP contribution < -0.4 is 10.6 Å². The molecule has 2 heterocycles. The Morgan fingerprint density at radius 2 is 2.03 bits per heavy atom. The van der Waals surface area contributed by atoms with Gasteiger partial charge >= 0.3 is 12.0 Å². The lowest BCUT2D eigenvalue weighted by Crippen LogP contribution is -2.47. The topological polar surface area (TPSA) is 118 Å². The van der Waals surface area contributed by atoms with Gasteiger partial charge in [-0.25, -0.2) is 19.5 Å². The van der Waals surface area contributed by atoms with Crippen molar-refractivity contribution in [2.75, 3.05) is 12.4 Å². The second-order valence-corrected chi connectivity index (χ2v) is 7.54. The summed E-state index contributed by atoms with van der Waals surface area (Å²) in [6.45, 7) is 1.96. The van der Waals surface area contributed by atoms with Crippen molar-refractivity contribution in [1.82, 2.24) is 15.2 Å². The zero-order valence-electron chi connectivity index (χ0n) is 16.6. The summed E-state index contributed by atoms with van der Waals surface area (Å²) >= 11 is 1.06. The molecule has 0 aliphatic carbocycles. The van der Waals surface area contributed by atoms with Crippen molar-refractivity contribution in [3.8, 4) is 0 Å². The summed E-state index contributed by atoms with van der Waals surface area (Å²) in [6, 6.07) is 6.43. The summed E-state index contributed by atoms with van der Waals surface area (Å²) in [5.41, 5.74) is 0.720. The Morgan fingerprint density at radius 3 is 2.70 bits per heavy atom. The van der Waals surface area contributed by atoms with Gasteiger partial charge in [-0.15, -0.1) is 11.3 Å². The Morgan fingerprint density at radius 1 is 1.30 bits per heavy atom. The number of amides is 4. The minimum Gasteiger partial charge on any atom is -0.464 e. The number of anilines is 1. The van der Waals surface area contributed by atoms with Gasteiger partial charge in [0.05, 0.1) is 7.11 Å². The Hall–Kier alpha value is -3.27. The number of carbonyl (C=O) groups is 4. The first-order valence-corrected chi connectivity index (χ1v) is 10.4. The summed E-state index contributed by atoms with van der Waals surface area (Å²) in [4.78, 5) is 55.1. The lowest BCUT2D eigenvalue weighted by Gasteiger charge is -2.24. The molecular weight excluding hydrogens is 408 g/mol. The molecule has 2 aromatic rings. The lowest BCUT2D eigenvalue weighted by molar-refractivity contribution is -0.134. The zero-order valence-corrected chi connectivity index (χ0v) is 17.4. The molecule has 30 heavy (non-hydrogen) atoms. The van der Waals surface area contributed by atoms with Crippen molar-refractivity contribution in [3.63, 3.8) is 0 Å². The number of methoxy groups -OCH3 is 1. The highest BCUT2D eigenvalue weighted by molar-refractivity contribution is 7.14. The molecule has 1 aromatic heterocycles. The first kappa shape index (κ1) is 21.4. The Bertz CT molecular complexity index is 946. The molecule has 2 atom stereocenters. The number of carbonyl (C=O) groups excluding carboxylic acids is 4. The van der Waals surface area contributed by atoms with Gasteiger partial charge in [0.2, 0.25) is 5.91 Å². The summed E-state index contributed by atoms with van der Waals surface area (Å²) in [5, 5.41) is 6.91. The molecule has 1 fully saturated rings. The van der Waals surface area contributed by atoms with Crippen molar-refractivity contribution < 1.29 is 23.9 Å². The Kier molecular flexibility index (Phi) is 6.78. The molecular formula is C20H22N4O5S. The molecule has 10 heteroatoms. The smallest absolute Gasteiger partial charge is 0.357 e. The number of rotatable bonds is 8. The molecule has 1 aliphatic rings. The van der Waals surface area contributed by atoms with Crippen molar-refractivity contribution in [2.24, 2.45) is 0 Å². The molecule has 0 spiro atoms. The van der Waals surface area contributed by atoms with Crippen molar-refractivity contribution in [3.05, 3.63) is 47.0 Å². The highest BCUT2D eigenvalue weighted by Gasteiger charge is 2.45. The largest absolute Gasteiger partial charge is 0.464 e. The Labute approximate surface area is 177 Å². The number of nitrogens with zero attached hydrogens (tertiary/aromatic N) is 2. The number of nitrogens with one attached hydrogen (secondary N) is 2. The standard InChI is InChI=1S/C20H22N4O5S/c1-3-4-10-14(16(25)23-19-21-13(11-30-19)18(27)29-2)24-17(26)15(22-20(24)28)12-8-6-5-7-9-12/h5-9,11,14-15H,3-4,10H2,1-2H3,(H,22,28)(H,21,23,25)/t14-,15+/m1/s1. The molecule has 0 bridgehead atoms. The number of unbranched alkanes of at least 4 members (excludes halogenated alkanes) is 1. The summed E-state index contributed by atoms with van der Waals surface area (Å²) < 4.78 is 4.61. The fraction of sp³-hybridized carbons (Fsp3) is 0.350. The van der Waals surface area contributed by atoms with E-state index in [0.29, 0.717) is 18.4 Å². The van der Waals surface area contributed by atoms with Crippen molar-refractivity contribution in [1.29, 1.82) is 0 Å². The van der Waals surface area contributed by atoms with Crippen LogP contribution in [0, 0.1) is 0 Å². The normalized spacial score (nSPS) is 16.9. The quantitative estimate of drug-likeness (QED) is 0.491. The zero-order chi connectivity index (χ0) is 21.7. The van der Waals surface area contributed by atoms with E-state index in [1.165, 1.54) is 12.5 Å². The van der Waals surface area contributed by atoms with Crippen LogP contribution in [0.25, 0.3) is 0 Å². The van der Waals surface area contributed by atoms with Gasteiger partial charge in [-0.1, -0.05) is 50.1 Å². The van der Waals surface area contributed by atoms with Gasteiger partial charge in [-0.2, -0.15) is 0 Å². The molecule has 158 valence electrons. The predicted molar refractivity (Wildman–Crippen MR) is 110 cm³/mol. The van der Waals surface area contributed by atoms with Crippen LogP contribution in [0.4, 0.5) is 9.93 Å². The van der Waals surface area contributed by atoms with Crippen LogP contribution in [0.2, 0.25) is 0 Å².